The zero-order valence-corrected chi connectivity index (χ0v) is 21.9. The maximum Gasteiger partial charge on any atom is 0.0585 e. The Balaban J connectivity index is 1.39. The van der Waals surface area contributed by atoms with E-state index < -0.39 is 0 Å². The first-order chi connectivity index (χ1) is 14.9. The molecule has 182 valence electrons. The fourth-order valence-electron chi connectivity index (χ4n) is 10.4. The van der Waals surface area contributed by atoms with E-state index >= 15 is 0 Å². The van der Waals surface area contributed by atoms with Crippen molar-refractivity contribution in [1.29, 1.82) is 0 Å². The van der Waals surface area contributed by atoms with Crippen molar-refractivity contribution in [3.8, 4) is 0 Å². The molecule has 4 saturated carbocycles. The van der Waals surface area contributed by atoms with Gasteiger partial charge in [0.1, 0.15) is 0 Å². The van der Waals surface area contributed by atoms with Gasteiger partial charge in [-0.1, -0.05) is 60.1 Å². The fraction of sp³-hybridized carbons (Fsp3) is 0.933. The largest absolute Gasteiger partial charge is 0.393 e. The molecule has 0 spiro atoms. The summed E-state index contributed by atoms with van der Waals surface area (Å²) in [5.41, 5.74) is 2.38. The monoisotopic (exact) mass is 442 g/mol. The molecule has 4 unspecified atom stereocenters. The van der Waals surface area contributed by atoms with Crippen molar-refractivity contribution in [1.82, 2.24) is 0 Å². The molecule has 32 heavy (non-hydrogen) atoms. The van der Waals surface area contributed by atoms with Crippen LogP contribution in [0, 0.1) is 63.6 Å². The molecule has 5 rings (SSSR count). The average Bonchev–Trinajstić information content (AvgIpc) is 3.30. The van der Waals surface area contributed by atoms with Crippen molar-refractivity contribution in [3.05, 3.63) is 11.6 Å². The van der Waals surface area contributed by atoms with Crippen LogP contribution < -0.4 is 0 Å². The second kappa shape index (κ2) is 7.58. The van der Waals surface area contributed by atoms with Gasteiger partial charge in [0.25, 0.3) is 0 Å². The van der Waals surface area contributed by atoms with Crippen LogP contribution in [0.1, 0.15) is 99.8 Å². The van der Waals surface area contributed by atoms with Crippen molar-refractivity contribution in [2.45, 2.75) is 112 Å². The summed E-state index contributed by atoms with van der Waals surface area (Å²) < 4.78 is 0. The van der Waals surface area contributed by atoms with Crippen molar-refractivity contribution in [2.24, 2.45) is 63.6 Å². The number of aliphatic hydroxyl groups excluding tert-OH is 2. The lowest BCUT2D eigenvalue weighted by Crippen LogP contribution is -2.56. The molecule has 0 aromatic heterocycles. The minimum Gasteiger partial charge on any atom is -0.393 e. The third-order valence-electron chi connectivity index (χ3n) is 12.7. The van der Waals surface area contributed by atoms with Gasteiger partial charge in [-0.15, -0.1) is 0 Å². The first kappa shape index (κ1) is 23.4. The predicted octanol–water partition coefficient (Wildman–Crippen LogP) is 6.85. The molecule has 2 N–H and O–H groups in total. The van der Waals surface area contributed by atoms with Gasteiger partial charge >= 0.3 is 0 Å². The summed E-state index contributed by atoms with van der Waals surface area (Å²) in [6.07, 6.45) is 11.2. The maximum atomic E-state index is 11.7. The SMILES string of the molecule is CC(C)[C@@H](C)[C@@]1(C)CC1[C@@H](C)[C@H]1CCC2C3CC=C4C[C@@H](O)CC[C@]4(C)C3[C@H](O)C[C@@]21C. The minimum absolute atomic E-state index is 0.106. The van der Waals surface area contributed by atoms with Gasteiger partial charge in [0.05, 0.1) is 12.2 Å². The fourth-order valence-corrected chi connectivity index (χ4v) is 10.4. The first-order valence-electron chi connectivity index (χ1n) is 14.0. The Hall–Kier alpha value is -0.340. The molecular weight excluding hydrogens is 392 g/mol. The van der Waals surface area contributed by atoms with Crippen molar-refractivity contribution < 1.29 is 10.2 Å². The smallest absolute Gasteiger partial charge is 0.0585 e. The molecule has 0 aromatic carbocycles. The van der Waals surface area contributed by atoms with Crippen LogP contribution in [0.2, 0.25) is 0 Å². The van der Waals surface area contributed by atoms with Crippen LogP contribution in [0.25, 0.3) is 0 Å². The Labute approximate surface area is 197 Å². The second-order valence-electron chi connectivity index (χ2n) is 14.2. The molecule has 0 heterocycles. The van der Waals surface area contributed by atoms with E-state index in [4.69, 9.17) is 0 Å². The molecule has 0 bridgehead atoms. The molecule has 0 aliphatic heterocycles. The van der Waals surface area contributed by atoms with E-state index in [0.717, 1.165) is 67.6 Å². The number of rotatable bonds is 4. The molecule has 0 aromatic rings. The Morgan fingerprint density at radius 3 is 2.34 bits per heavy atom. The molecule has 0 saturated heterocycles. The Morgan fingerprint density at radius 2 is 1.66 bits per heavy atom. The molecule has 0 amide bonds. The standard InChI is InChI=1S/C30H50O2/c1-17(2)19(4)29(6)15-25(29)18(3)23-10-11-24-22-9-8-20-14-21(31)12-13-28(20,5)27(22)26(32)16-30(23,24)7/h8,17-19,21-27,31-32H,9-16H2,1-7H3/t18-,19+,21-,22?,23+,24?,25?,26+,27?,28-,29+,30+/m0/s1. The maximum absolute atomic E-state index is 11.7. The molecule has 2 heteroatoms. The van der Waals surface area contributed by atoms with Gasteiger partial charge in [-0.2, -0.15) is 0 Å². The summed E-state index contributed by atoms with van der Waals surface area (Å²) in [5, 5.41) is 22.0. The summed E-state index contributed by atoms with van der Waals surface area (Å²) in [4.78, 5) is 0. The van der Waals surface area contributed by atoms with E-state index in [-0.39, 0.29) is 17.6 Å². The Morgan fingerprint density at radius 1 is 0.938 bits per heavy atom. The van der Waals surface area contributed by atoms with Gasteiger partial charge in [0, 0.05) is 0 Å². The number of fused-ring (bicyclic) bond motifs is 5. The number of aliphatic hydroxyl groups is 2. The lowest BCUT2D eigenvalue weighted by Gasteiger charge is -2.60. The lowest BCUT2D eigenvalue weighted by atomic mass is 9.46. The van der Waals surface area contributed by atoms with Gasteiger partial charge in [-0.3, -0.25) is 0 Å². The van der Waals surface area contributed by atoms with Gasteiger partial charge in [0.2, 0.25) is 0 Å². The number of hydrogen-bond donors (Lipinski definition) is 2. The zero-order chi connectivity index (χ0) is 23.2. The van der Waals surface area contributed by atoms with Gasteiger partial charge in [-0.05, 0) is 115 Å². The third-order valence-corrected chi connectivity index (χ3v) is 12.7. The van der Waals surface area contributed by atoms with Gasteiger partial charge in [0.15, 0.2) is 0 Å². The van der Waals surface area contributed by atoms with Gasteiger partial charge < -0.3 is 10.2 Å². The molecular formula is C30H50O2. The van der Waals surface area contributed by atoms with Crippen molar-refractivity contribution in [2.75, 3.05) is 0 Å². The predicted molar refractivity (Wildman–Crippen MR) is 132 cm³/mol. The number of allylic oxidation sites excluding steroid dienone is 1. The van der Waals surface area contributed by atoms with Crippen LogP contribution in [0.15, 0.2) is 11.6 Å². The second-order valence-corrected chi connectivity index (χ2v) is 14.2. The minimum atomic E-state index is -0.182. The Bertz CT molecular complexity index is 771. The van der Waals surface area contributed by atoms with Crippen molar-refractivity contribution >= 4 is 0 Å². The molecule has 4 fully saturated rings. The van der Waals surface area contributed by atoms with Crippen LogP contribution in [0.3, 0.4) is 0 Å². The highest BCUT2D eigenvalue weighted by atomic mass is 16.3. The zero-order valence-electron chi connectivity index (χ0n) is 21.9. The lowest BCUT2D eigenvalue weighted by molar-refractivity contribution is -0.130. The molecule has 0 radical (unpaired) electrons. The summed E-state index contributed by atoms with van der Waals surface area (Å²) in [7, 11) is 0. The van der Waals surface area contributed by atoms with Gasteiger partial charge in [-0.25, -0.2) is 0 Å². The molecule has 5 aliphatic carbocycles. The van der Waals surface area contributed by atoms with Crippen LogP contribution in [-0.4, -0.2) is 22.4 Å². The highest BCUT2D eigenvalue weighted by Gasteiger charge is 2.65. The number of hydrogen-bond acceptors (Lipinski definition) is 2. The van der Waals surface area contributed by atoms with Crippen LogP contribution in [0.5, 0.6) is 0 Å². The van der Waals surface area contributed by atoms with E-state index in [1.807, 2.05) is 0 Å². The molecule has 2 nitrogen and oxygen atoms in total. The van der Waals surface area contributed by atoms with Crippen LogP contribution >= 0.6 is 0 Å². The highest BCUT2D eigenvalue weighted by molar-refractivity contribution is 5.27. The average molecular weight is 443 g/mol. The van der Waals surface area contributed by atoms with Crippen molar-refractivity contribution in [3.63, 3.8) is 0 Å². The Kier molecular flexibility index (Phi) is 5.54. The third kappa shape index (κ3) is 3.17. The topological polar surface area (TPSA) is 40.5 Å². The van der Waals surface area contributed by atoms with Crippen LogP contribution in [-0.2, 0) is 0 Å². The van der Waals surface area contributed by atoms with E-state index in [2.05, 4.69) is 54.5 Å². The summed E-state index contributed by atoms with van der Waals surface area (Å²) in [6, 6.07) is 0. The summed E-state index contributed by atoms with van der Waals surface area (Å²) >= 11 is 0. The first-order valence-corrected chi connectivity index (χ1v) is 14.0. The normalized spacial score (nSPS) is 54.3. The van der Waals surface area contributed by atoms with Crippen LogP contribution in [0.4, 0.5) is 0 Å². The van der Waals surface area contributed by atoms with E-state index in [1.54, 1.807) is 0 Å². The van der Waals surface area contributed by atoms with E-state index in [9.17, 15) is 10.2 Å². The summed E-state index contributed by atoms with van der Waals surface area (Å²) in [5.74, 6) is 5.75. The molecule has 5 aliphatic rings. The van der Waals surface area contributed by atoms with E-state index in [0.29, 0.717) is 22.7 Å². The summed E-state index contributed by atoms with van der Waals surface area (Å²) in [6.45, 7) is 17.4. The highest BCUT2D eigenvalue weighted by Crippen LogP contribution is 2.71. The van der Waals surface area contributed by atoms with E-state index in [1.165, 1.54) is 24.8 Å². The quantitative estimate of drug-likeness (QED) is 0.467. The molecule has 12 atom stereocenters.